The van der Waals surface area contributed by atoms with Gasteiger partial charge in [-0.05, 0) is 49.2 Å². The van der Waals surface area contributed by atoms with Crippen LogP contribution in [0.2, 0.25) is 0 Å². The first kappa shape index (κ1) is 22.6. The van der Waals surface area contributed by atoms with Gasteiger partial charge in [-0.3, -0.25) is 0 Å². The number of aromatic nitrogens is 2. The van der Waals surface area contributed by atoms with Crippen molar-refractivity contribution < 1.29 is 13.2 Å². The molecule has 0 spiro atoms. The van der Waals surface area contributed by atoms with Crippen molar-refractivity contribution in [1.82, 2.24) is 20.2 Å². The van der Waals surface area contributed by atoms with Gasteiger partial charge in [0.15, 0.2) is 0 Å². The lowest BCUT2D eigenvalue weighted by molar-refractivity contribution is -0.137. The molecule has 0 atom stereocenters. The second kappa shape index (κ2) is 8.90. The Morgan fingerprint density at radius 2 is 2.03 bits per heavy atom. The van der Waals surface area contributed by atoms with Crippen molar-refractivity contribution in [2.75, 3.05) is 31.2 Å². The summed E-state index contributed by atoms with van der Waals surface area (Å²) in [6, 6.07) is 6.05. The van der Waals surface area contributed by atoms with Gasteiger partial charge in [0, 0.05) is 53.6 Å². The highest BCUT2D eigenvalue weighted by Gasteiger charge is 2.36. The van der Waals surface area contributed by atoms with Gasteiger partial charge >= 0.3 is 6.18 Å². The normalized spacial score (nSPS) is 16.8. The second-order valence-electron chi connectivity index (χ2n) is 8.43. The number of thiophene rings is 1. The van der Waals surface area contributed by atoms with Crippen molar-refractivity contribution in [3.05, 3.63) is 51.5 Å². The molecular weight excluding hydrogens is 467 g/mol. The Morgan fingerprint density at radius 1 is 1.18 bits per heavy atom. The average molecular weight is 492 g/mol. The third-order valence-electron chi connectivity index (χ3n) is 5.92. The van der Waals surface area contributed by atoms with Crippen LogP contribution in [-0.2, 0) is 25.7 Å². The molecule has 0 saturated heterocycles. The number of rotatable bonds is 3. The van der Waals surface area contributed by atoms with Crippen LogP contribution in [-0.4, -0.2) is 40.8 Å². The third-order valence-corrected chi connectivity index (χ3v) is 8.27. The Hall–Kier alpha value is -2.14. The molecule has 4 heterocycles. The number of nitrogens with one attached hydrogen (secondary N) is 2. The van der Waals surface area contributed by atoms with Crippen LogP contribution < -0.4 is 10.6 Å². The fraction of sp³-hybridized carbons (Fsp3) is 0.391. The van der Waals surface area contributed by atoms with Crippen LogP contribution >= 0.6 is 23.1 Å². The van der Waals surface area contributed by atoms with E-state index in [9.17, 15) is 13.2 Å². The fourth-order valence-electron chi connectivity index (χ4n) is 4.18. The molecular formula is C23H24F3N5S2. The van der Waals surface area contributed by atoms with E-state index in [1.807, 2.05) is 13.0 Å². The maximum atomic E-state index is 13.8. The third kappa shape index (κ3) is 4.75. The summed E-state index contributed by atoms with van der Waals surface area (Å²) in [5.74, 6) is 1.06. The highest BCUT2D eigenvalue weighted by molar-refractivity contribution is 7.99. The monoisotopic (exact) mass is 491 g/mol. The van der Waals surface area contributed by atoms with E-state index in [0.29, 0.717) is 11.4 Å². The number of halogens is 3. The Morgan fingerprint density at radius 3 is 2.85 bits per heavy atom. The molecule has 10 heteroatoms. The number of likely N-dealkylation sites (N-methyl/N-ethyl adjacent to an activating group) is 1. The van der Waals surface area contributed by atoms with E-state index in [4.69, 9.17) is 0 Å². The van der Waals surface area contributed by atoms with Crippen molar-refractivity contribution in [3.63, 3.8) is 0 Å². The van der Waals surface area contributed by atoms with E-state index in [0.717, 1.165) is 59.0 Å². The maximum absolute atomic E-state index is 13.8. The van der Waals surface area contributed by atoms with Gasteiger partial charge in [-0.25, -0.2) is 9.97 Å². The van der Waals surface area contributed by atoms with Gasteiger partial charge in [0.05, 0.1) is 10.6 Å². The van der Waals surface area contributed by atoms with Crippen LogP contribution in [0, 0.1) is 6.92 Å². The van der Waals surface area contributed by atoms with Crippen LogP contribution in [0.15, 0.2) is 29.3 Å². The largest absolute Gasteiger partial charge is 0.420 e. The van der Waals surface area contributed by atoms with Crippen LogP contribution in [0.5, 0.6) is 0 Å². The molecule has 0 radical (unpaired) electrons. The highest BCUT2D eigenvalue weighted by atomic mass is 32.2. The minimum absolute atomic E-state index is 0.0732. The van der Waals surface area contributed by atoms with Crippen LogP contribution in [0.3, 0.4) is 0 Å². The zero-order valence-corrected chi connectivity index (χ0v) is 20.0. The summed E-state index contributed by atoms with van der Waals surface area (Å²) in [7, 11) is 2.10. The summed E-state index contributed by atoms with van der Waals surface area (Å²) in [6.45, 7) is 5.41. The van der Waals surface area contributed by atoms with Crippen molar-refractivity contribution in [2.45, 2.75) is 37.5 Å². The van der Waals surface area contributed by atoms with Crippen molar-refractivity contribution >= 4 is 34.7 Å². The first-order valence-corrected chi connectivity index (χ1v) is 12.6. The van der Waals surface area contributed by atoms with Crippen LogP contribution in [0.1, 0.15) is 27.1 Å². The SMILES string of the molecule is Cc1cc2c(cc1Nc1ncc(C(F)(F)F)c(-c3cc4c(s3)CNCCS4)n1)CCN(C)C2. The molecule has 0 bridgehead atoms. The summed E-state index contributed by atoms with van der Waals surface area (Å²) < 4.78 is 41.4. The minimum Gasteiger partial charge on any atom is -0.324 e. The molecule has 0 amide bonds. The number of alkyl halides is 3. The molecule has 33 heavy (non-hydrogen) atoms. The number of fused-ring (bicyclic) bond motifs is 2. The van der Waals surface area contributed by atoms with Crippen molar-refractivity contribution in [2.24, 2.45) is 0 Å². The van der Waals surface area contributed by atoms with Gasteiger partial charge in [-0.1, -0.05) is 6.07 Å². The maximum Gasteiger partial charge on any atom is 0.420 e. The number of thioether (sulfide) groups is 1. The first-order valence-electron chi connectivity index (χ1n) is 10.8. The van der Waals surface area contributed by atoms with E-state index < -0.39 is 11.7 Å². The second-order valence-corrected chi connectivity index (χ2v) is 10.7. The molecule has 5 rings (SSSR count). The molecule has 2 aliphatic rings. The predicted molar refractivity (Wildman–Crippen MR) is 127 cm³/mol. The van der Waals surface area contributed by atoms with Crippen molar-refractivity contribution in [3.8, 4) is 10.6 Å². The van der Waals surface area contributed by atoms with Crippen molar-refractivity contribution in [1.29, 1.82) is 0 Å². The molecule has 2 N–H and O–H groups in total. The fourth-order valence-corrected chi connectivity index (χ4v) is 6.48. The summed E-state index contributed by atoms with van der Waals surface area (Å²) >= 11 is 3.03. The lowest BCUT2D eigenvalue weighted by Gasteiger charge is -2.26. The highest BCUT2D eigenvalue weighted by Crippen LogP contribution is 2.42. The standard InChI is InChI=1S/C23H24F3N5S2/c1-13-7-15-12-31(2)5-3-14(15)8-17(13)29-22-28-10-16(23(24,25)26)21(30-22)19-9-18-20(33-19)11-27-4-6-32-18/h7-10,27H,3-6,11-12H2,1-2H3,(H,28,29,30). The summed E-state index contributed by atoms with van der Waals surface area (Å²) in [4.78, 5) is 13.3. The number of aryl methyl sites for hydroxylation is 1. The number of hydrogen-bond acceptors (Lipinski definition) is 7. The predicted octanol–water partition coefficient (Wildman–Crippen LogP) is 5.46. The topological polar surface area (TPSA) is 53.1 Å². The van der Waals surface area contributed by atoms with Gasteiger partial charge in [0.25, 0.3) is 0 Å². The lowest BCUT2D eigenvalue weighted by Crippen LogP contribution is -2.26. The molecule has 5 nitrogen and oxygen atoms in total. The van der Waals surface area contributed by atoms with Gasteiger partial charge in [0.2, 0.25) is 5.95 Å². The van der Waals surface area contributed by atoms with Gasteiger partial charge in [-0.15, -0.1) is 23.1 Å². The van der Waals surface area contributed by atoms with Gasteiger partial charge in [-0.2, -0.15) is 13.2 Å². The molecule has 0 fully saturated rings. The quantitative estimate of drug-likeness (QED) is 0.508. The summed E-state index contributed by atoms with van der Waals surface area (Å²) in [6.07, 6.45) is -2.70. The molecule has 174 valence electrons. The lowest BCUT2D eigenvalue weighted by atomic mass is 9.96. The van der Waals surface area contributed by atoms with Gasteiger partial charge < -0.3 is 15.5 Å². The smallest absolute Gasteiger partial charge is 0.324 e. The zero-order valence-electron chi connectivity index (χ0n) is 18.3. The number of anilines is 2. The Bertz CT molecular complexity index is 1170. The Kier molecular flexibility index (Phi) is 6.11. The van der Waals surface area contributed by atoms with E-state index in [1.54, 1.807) is 11.8 Å². The molecule has 0 unspecified atom stereocenters. The van der Waals surface area contributed by atoms with E-state index in [-0.39, 0.29) is 11.6 Å². The number of nitrogens with zero attached hydrogens (tertiary/aromatic N) is 3. The zero-order chi connectivity index (χ0) is 23.2. The summed E-state index contributed by atoms with van der Waals surface area (Å²) in [5.41, 5.74) is 3.49. The number of benzene rings is 1. The minimum atomic E-state index is -4.53. The van der Waals surface area contributed by atoms with E-state index >= 15 is 0 Å². The van der Waals surface area contributed by atoms with Gasteiger partial charge in [0.1, 0.15) is 5.56 Å². The molecule has 0 saturated carbocycles. The van der Waals surface area contributed by atoms with E-state index in [2.05, 4.69) is 44.7 Å². The molecule has 2 aromatic heterocycles. The average Bonchev–Trinajstić information content (AvgIpc) is 3.04. The molecule has 3 aromatic rings. The number of hydrogen-bond donors (Lipinski definition) is 2. The molecule has 1 aromatic carbocycles. The van der Waals surface area contributed by atoms with Crippen LogP contribution in [0.25, 0.3) is 10.6 Å². The molecule has 2 aliphatic heterocycles. The van der Waals surface area contributed by atoms with E-state index in [1.165, 1.54) is 22.5 Å². The Balaban J connectivity index is 1.52. The summed E-state index contributed by atoms with van der Waals surface area (Å²) in [5, 5.41) is 6.49. The Labute approximate surface area is 198 Å². The first-order chi connectivity index (χ1) is 15.8. The molecule has 0 aliphatic carbocycles. The van der Waals surface area contributed by atoms with Crippen LogP contribution in [0.4, 0.5) is 24.8 Å².